The minimum Gasteiger partial charge on any atom is -0.458 e. The van der Waals surface area contributed by atoms with Gasteiger partial charge in [0.1, 0.15) is 23.4 Å². The van der Waals surface area contributed by atoms with Gasteiger partial charge in [0.2, 0.25) is 0 Å². The number of carbonyl (C=O) groups is 1. The number of nitrogens with zero attached hydrogens (tertiary/aromatic N) is 4. The number of hydrogen-bond acceptors (Lipinski definition) is 8. The molecule has 3 aromatic heterocycles. The molecule has 1 fully saturated rings. The first-order valence-electron chi connectivity index (χ1n) is 10.9. The van der Waals surface area contributed by atoms with Crippen LogP contribution in [0.25, 0.3) is 11.1 Å². The first-order valence-corrected chi connectivity index (χ1v) is 11.6. The zero-order valence-electron chi connectivity index (χ0n) is 18.8. The lowest BCUT2D eigenvalue weighted by Gasteiger charge is -2.31. The number of rotatable bonds is 4. The Kier molecular flexibility index (Phi) is 7.56. The van der Waals surface area contributed by atoms with Gasteiger partial charge in [-0.25, -0.2) is 14.4 Å². The predicted molar refractivity (Wildman–Crippen MR) is 127 cm³/mol. The number of anilines is 2. The van der Waals surface area contributed by atoms with Crippen molar-refractivity contribution in [2.24, 2.45) is 0 Å². The summed E-state index contributed by atoms with van der Waals surface area (Å²) in [5.41, 5.74) is 3.83. The van der Waals surface area contributed by atoms with Crippen molar-refractivity contribution in [1.82, 2.24) is 19.9 Å². The SMILES string of the molecule is Cc1ccc(Nc2ncnc3c(C4CCN(C(=O)c5ccccn5)CC4)coc23)c(F)c1.O=S=O. The molecule has 1 aliphatic heterocycles. The van der Waals surface area contributed by atoms with Gasteiger partial charge >= 0.3 is 11.6 Å². The maximum Gasteiger partial charge on any atom is 0.335 e. The average Bonchev–Trinajstić information content (AvgIpc) is 3.32. The van der Waals surface area contributed by atoms with Crippen molar-refractivity contribution in [1.29, 1.82) is 0 Å². The Hall–Kier alpha value is -3.99. The first-order chi connectivity index (χ1) is 17.0. The Bertz CT molecular complexity index is 1370. The van der Waals surface area contributed by atoms with Gasteiger partial charge in [0.15, 0.2) is 11.4 Å². The molecule has 5 rings (SSSR count). The van der Waals surface area contributed by atoms with Crippen molar-refractivity contribution in [3.05, 3.63) is 77.8 Å². The fraction of sp³-hybridized carbons (Fsp3) is 0.250. The van der Waals surface area contributed by atoms with E-state index in [1.165, 1.54) is 12.4 Å². The molecule has 0 radical (unpaired) electrons. The Morgan fingerprint density at radius 1 is 1.14 bits per heavy atom. The van der Waals surface area contributed by atoms with Crippen LogP contribution in [0.15, 0.2) is 59.6 Å². The number of piperidine rings is 1. The molecule has 4 aromatic rings. The molecule has 0 bridgehead atoms. The number of amides is 1. The van der Waals surface area contributed by atoms with Crippen LogP contribution >= 0.6 is 0 Å². The minimum atomic E-state index is -0.750. The number of aryl methyl sites for hydroxylation is 1. The summed E-state index contributed by atoms with van der Waals surface area (Å²) >= 11 is -0.750. The quantitative estimate of drug-likeness (QED) is 0.448. The summed E-state index contributed by atoms with van der Waals surface area (Å²) < 4.78 is 36.7. The van der Waals surface area contributed by atoms with E-state index in [-0.39, 0.29) is 17.6 Å². The van der Waals surface area contributed by atoms with Crippen molar-refractivity contribution in [3.8, 4) is 0 Å². The Morgan fingerprint density at radius 3 is 2.60 bits per heavy atom. The minimum absolute atomic E-state index is 0.0463. The lowest BCUT2D eigenvalue weighted by molar-refractivity contribution is 0.0707. The van der Waals surface area contributed by atoms with Crippen molar-refractivity contribution >= 4 is 40.1 Å². The van der Waals surface area contributed by atoms with E-state index in [1.807, 2.05) is 24.0 Å². The highest BCUT2D eigenvalue weighted by Gasteiger charge is 2.28. The molecule has 9 nitrogen and oxygen atoms in total. The maximum absolute atomic E-state index is 14.3. The first kappa shape index (κ1) is 24.1. The number of likely N-dealkylation sites (tertiary alicyclic amines) is 1. The normalized spacial score (nSPS) is 13.7. The van der Waals surface area contributed by atoms with Gasteiger partial charge in [-0.05, 0) is 55.5 Å². The van der Waals surface area contributed by atoms with E-state index < -0.39 is 11.6 Å². The van der Waals surface area contributed by atoms with Crippen LogP contribution in [0.3, 0.4) is 0 Å². The van der Waals surface area contributed by atoms with Crippen molar-refractivity contribution in [2.75, 3.05) is 18.4 Å². The standard InChI is InChI=1S/C24H22FN5O2.O2S/c1-15-5-6-19(18(25)12-15)29-23-22-21(27-14-28-23)17(13-32-22)16-7-10-30(11-8-16)24(31)20-4-2-3-9-26-20;1-3-2/h2-6,9,12-14,16H,7-8,10-11H2,1H3,(H,27,28,29);. The monoisotopic (exact) mass is 495 g/mol. The zero-order valence-corrected chi connectivity index (χ0v) is 19.6. The second kappa shape index (κ2) is 11.0. The number of hydrogen-bond donors (Lipinski definition) is 1. The number of carbonyl (C=O) groups excluding carboxylic acids is 1. The molecule has 0 spiro atoms. The smallest absolute Gasteiger partial charge is 0.335 e. The molecule has 11 heteroatoms. The average molecular weight is 496 g/mol. The van der Waals surface area contributed by atoms with E-state index in [2.05, 4.69) is 20.3 Å². The van der Waals surface area contributed by atoms with Gasteiger partial charge in [-0.2, -0.15) is 8.42 Å². The second-order valence-electron chi connectivity index (χ2n) is 8.05. The van der Waals surface area contributed by atoms with E-state index in [0.717, 1.165) is 24.0 Å². The van der Waals surface area contributed by atoms with Crippen LogP contribution in [0, 0.1) is 12.7 Å². The molecule has 1 N–H and O–H groups in total. The number of furan rings is 1. The number of halogens is 1. The maximum atomic E-state index is 14.3. The summed E-state index contributed by atoms with van der Waals surface area (Å²) in [4.78, 5) is 27.3. The number of benzene rings is 1. The Morgan fingerprint density at radius 2 is 1.91 bits per heavy atom. The summed E-state index contributed by atoms with van der Waals surface area (Å²) in [6.07, 6.45) is 6.39. The molecule has 35 heavy (non-hydrogen) atoms. The van der Waals surface area contributed by atoms with E-state index in [1.54, 1.807) is 30.7 Å². The molecular formula is C24H22FN5O4S. The fourth-order valence-electron chi connectivity index (χ4n) is 4.14. The van der Waals surface area contributed by atoms with E-state index in [9.17, 15) is 9.18 Å². The Balaban J connectivity index is 0.000000917. The third-order valence-electron chi connectivity index (χ3n) is 5.86. The van der Waals surface area contributed by atoms with Crippen LogP contribution < -0.4 is 5.32 Å². The topological polar surface area (TPSA) is 118 Å². The van der Waals surface area contributed by atoms with Gasteiger partial charge in [-0.1, -0.05) is 12.1 Å². The molecule has 0 atom stereocenters. The second-order valence-corrected chi connectivity index (χ2v) is 8.18. The zero-order chi connectivity index (χ0) is 24.8. The predicted octanol–water partition coefficient (Wildman–Crippen LogP) is 4.16. The van der Waals surface area contributed by atoms with Crippen LogP contribution in [0.4, 0.5) is 15.9 Å². The third kappa shape index (κ3) is 5.40. The number of fused-ring (bicyclic) bond motifs is 1. The molecule has 4 heterocycles. The summed E-state index contributed by atoms with van der Waals surface area (Å²) in [5, 5.41) is 3.02. The molecule has 1 saturated heterocycles. The van der Waals surface area contributed by atoms with E-state index in [0.29, 0.717) is 41.4 Å². The van der Waals surface area contributed by atoms with Gasteiger partial charge in [0.05, 0.1) is 12.0 Å². The fourth-order valence-corrected chi connectivity index (χ4v) is 4.14. The van der Waals surface area contributed by atoms with Crippen LogP contribution in [-0.2, 0) is 11.6 Å². The summed E-state index contributed by atoms with van der Waals surface area (Å²) in [5.74, 6) is 0.234. The highest BCUT2D eigenvalue weighted by molar-refractivity contribution is 7.51. The number of aromatic nitrogens is 3. The molecule has 0 unspecified atom stereocenters. The molecule has 1 aromatic carbocycles. The highest BCUT2D eigenvalue weighted by Crippen LogP contribution is 2.36. The van der Waals surface area contributed by atoms with Gasteiger partial charge in [-0.15, -0.1) is 0 Å². The molecule has 0 saturated carbocycles. The van der Waals surface area contributed by atoms with Gasteiger partial charge in [0.25, 0.3) is 5.91 Å². The molecule has 180 valence electrons. The van der Waals surface area contributed by atoms with Gasteiger partial charge in [0, 0.05) is 24.8 Å². The number of pyridine rings is 1. The van der Waals surface area contributed by atoms with E-state index >= 15 is 0 Å². The lowest BCUT2D eigenvalue weighted by atomic mass is 9.90. The molecule has 1 aliphatic rings. The number of nitrogens with one attached hydrogen (secondary N) is 1. The lowest BCUT2D eigenvalue weighted by Crippen LogP contribution is -2.38. The molecular weight excluding hydrogens is 473 g/mol. The van der Waals surface area contributed by atoms with Crippen LogP contribution in [0.2, 0.25) is 0 Å². The summed E-state index contributed by atoms with van der Waals surface area (Å²) in [6, 6.07) is 10.3. The van der Waals surface area contributed by atoms with Crippen LogP contribution in [-0.4, -0.2) is 47.3 Å². The van der Waals surface area contributed by atoms with E-state index in [4.69, 9.17) is 12.8 Å². The molecule has 1 amide bonds. The van der Waals surface area contributed by atoms with Crippen molar-refractivity contribution < 1.29 is 22.0 Å². The van der Waals surface area contributed by atoms with Crippen LogP contribution in [0.5, 0.6) is 0 Å². The third-order valence-corrected chi connectivity index (χ3v) is 5.86. The highest BCUT2D eigenvalue weighted by atomic mass is 32.1. The largest absolute Gasteiger partial charge is 0.458 e. The Labute approximate surface area is 204 Å². The van der Waals surface area contributed by atoms with Crippen LogP contribution in [0.1, 0.15) is 40.4 Å². The summed E-state index contributed by atoms with van der Waals surface area (Å²) in [7, 11) is 0. The van der Waals surface area contributed by atoms with Gasteiger partial charge in [-0.3, -0.25) is 9.78 Å². The summed E-state index contributed by atoms with van der Waals surface area (Å²) in [6.45, 7) is 3.11. The molecule has 0 aliphatic carbocycles. The van der Waals surface area contributed by atoms with Crippen molar-refractivity contribution in [3.63, 3.8) is 0 Å². The van der Waals surface area contributed by atoms with Crippen molar-refractivity contribution in [2.45, 2.75) is 25.7 Å². The van der Waals surface area contributed by atoms with Gasteiger partial charge < -0.3 is 14.6 Å².